The molecule has 0 N–H and O–H groups in total. The van der Waals surface area contributed by atoms with E-state index in [1.54, 1.807) is 48.2 Å². The molecule has 31 heavy (non-hydrogen) atoms. The van der Waals surface area contributed by atoms with Gasteiger partial charge in [-0.25, -0.2) is 9.07 Å². The maximum Gasteiger partial charge on any atom is 0.434 e. The van der Waals surface area contributed by atoms with Gasteiger partial charge in [-0.1, -0.05) is 30.3 Å². The molecule has 4 rings (SSSR count). The average Bonchev–Trinajstić information content (AvgIpc) is 3.20. The lowest BCUT2D eigenvalue weighted by atomic mass is 10.1. The molecule has 1 aliphatic heterocycles. The normalized spacial score (nSPS) is 14.7. The molecule has 0 bridgehead atoms. The summed E-state index contributed by atoms with van der Waals surface area (Å²) in [6, 6.07) is 12.8. The Morgan fingerprint density at radius 1 is 0.935 bits per heavy atom. The van der Waals surface area contributed by atoms with Crippen LogP contribution in [0.1, 0.15) is 21.6 Å². The summed E-state index contributed by atoms with van der Waals surface area (Å²) in [6.07, 6.45) is -3.79. The van der Waals surface area contributed by atoms with Gasteiger partial charge in [0.15, 0.2) is 5.69 Å². The second-order valence-electron chi connectivity index (χ2n) is 7.33. The summed E-state index contributed by atoms with van der Waals surface area (Å²) in [5, 5.41) is 3.89. The third-order valence-electron chi connectivity index (χ3n) is 5.37. The van der Waals surface area contributed by atoms with Crippen molar-refractivity contribution < 1.29 is 22.4 Å². The van der Waals surface area contributed by atoms with E-state index in [2.05, 4.69) is 5.10 Å². The first kappa shape index (κ1) is 20.9. The number of aryl methyl sites for hydroxylation is 1. The summed E-state index contributed by atoms with van der Waals surface area (Å²) in [6.45, 7) is 2.68. The van der Waals surface area contributed by atoms with Gasteiger partial charge in [0.05, 0.1) is 23.1 Å². The van der Waals surface area contributed by atoms with Crippen LogP contribution < -0.4 is 4.90 Å². The van der Waals surface area contributed by atoms with Gasteiger partial charge in [-0.15, -0.1) is 0 Å². The van der Waals surface area contributed by atoms with E-state index >= 15 is 0 Å². The van der Waals surface area contributed by atoms with Crippen LogP contribution in [0.3, 0.4) is 0 Å². The van der Waals surface area contributed by atoms with Crippen molar-refractivity contribution in [1.82, 2.24) is 14.7 Å². The second-order valence-corrected chi connectivity index (χ2v) is 7.33. The molecule has 162 valence electrons. The molecule has 2 heterocycles. The molecule has 5 nitrogen and oxygen atoms in total. The zero-order chi connectivity index (χ0) is 22.2. The molecule has 0 aliphatic carbocycles. The average molecular weight is 432 g/mol. The number of piperazine rings is 1. The molecule has 1 amide bonds. The molecule has 1 saturated heterocycles. The van der Waals surface area contributed by atoms with E-state index in [0.717, 1.165) is 10.9 Å². The van der Waals surface area contributed by atoms with Gasteiger partial charge in [-0.2, -0.15) is 18.3 Å². The van der Waals surface area contributed by atoms with Crippen LogP contribution >= 0.6 is 0 Å². The van der Waals surface area contributed by atoms with Gasteiger partial charge in [0.1, 0.15) is 5.82 Å². The number of benzene rings is 2. The predicted octanol–water partition coefficient (Wildman–Crippen LogP) is 4.30. The molecule has 1 aliphatic rings. The van der Waals surface area contributed by atoms with Crippen LogP contribution in [0.2, 0.25) is 0 Å². The van der Waals surface area contributed by atoms with Gasteiger partial charge in [0, 0.05) is 26.2 Å². The van der Waals surface area contributed by atoms with E-state index in [-0.39, 0.29) is 24.6 Å². The summed E-state index contributed by atoms with van der Waals surface area (Å²) >= 11 is 0. The second kappa shape index (κ2) is 8.05. The Labute approximate surface area is 176 Å². The minimum absolute atomic E-state index is 0.181. The summed E-state index contributed by atoms with van der Waals surface area (Å²) < 4.78 is 56.6. The fraction of sp³-hybridized carbons (Fsp3) is 0.273. The Hall–Kier alpha value is -3.36. The summed E-state index contributed by atoms with van der Waals surface area (Å²) in [5.41, 5.74) is -0.303. The molecule has 9 heteroatoms. The number of carbonyl (C=O) groups is 1. The zero-order valence-electron chi connectivity index (χ0n) is 16.7. The van der Waals surface area contributed by atoms with E-state index in [4.69, 9.17) is 0 Å². The largest absolute Gasteiger partial charge is 0.434 e. The SMILES string of the molecule is Cc1ccccc1-n1ncc(C(=O)N2CCN(c3ccccc3F)CC2)c1C(F)(F)F. The van der Waals surface area contributed by atoms with E-state index in [1.807, 2.05) is 0 Å². The highest BCUT2D eigenvalue weighted by Gasteiger charge is 2.42. The van der Waals surface area contributed by atoms with Crippen molar-refractivity contribution in [2.45, 2.75) is 13.1 Å². The number of aromatic nitrogens is 2. The number of carbonyl (C=O) groups excluding carboxylic acids is 1. The van der Waals surface area contributed by atoms with Gasteiger partial charge in [0.25, 0.3) is 5.91 Å². The van der Waals surface area contributed by atoms with Crippen LogP contribution in [-0.2, 0) is 6.18 Å². The third-order valence-corrected chi connectivity index (χ3v) is 5.37. The Morgan fingerprint density at radius 3 is 2.16 bits per heavy atom. The number of nitrogens with zero attached hydrogens (tertiary/aromatic N) is 4. The fourth-order valence-electron chi connectivity index (χ4n) is 3.79. The molecule has 1 fully saturated rings. The maximum absolute atomic E-state index is 14.0. The molecule has 0 radical (unpaired) electrons. The number of hydrogen-bond acceptors (Lipinski definition) is 3. The van der Waals surface area contributed by atoms with Crippen molar-refractivity contribution in [2.75, 3.05) is 31.1 Å². The van der Waals surface area contributed by atoms with Crippen LogP contribution in [-0.4, -0.2) is 46.8 Å². The predicted molar refractivity (Wildman–Crippen MR) is 108 cm³/mol. The minimum Gasteiger partial charge on any atom is -0.366 e. The van der Waals surface area contributed by atoms with Crippen LogP contribution in [0.15, 0.2) is 54.7 Å². The first-order valence-electron chi connectivity index (χ1n) is 9.77. The molecular formula is C22H20F4N4O. The Balaban J connectivity index is 1.60. The Kier molecular flexibility index (Phi) is 5.43. The standard InChI is InChI=1S/C22H20F4N4O/c1-15-6-2-4-8-18(15)30-20(22(24,25)26)16(14-27-30)21(31)29-12-10-28(11-13-29)19-9-5-3-7-17(19)23/h2-9,14H,10-13H2,1H3. The topological polar surface area (TPSA) is 41.4 Å². The van der Waals surface area contributed by atoms with Gasteiger partial charge < -0.3 is 9.80 Å². The monoisotopic (exact) mass is 432 g/mol. The minimum atomic E-state index is -4.77. The maximum atomic E-state index is 14.0. The summed E-state index contributed by atoms with van der Waals surface area (Å²) in [5.74, 6) is -1.11. The smallest absolute Gasteiger partial charge is 0.366 e. The highest BCUT2D eigenvalue weighted by atomic mass is 19.4. The molecule has 0 atom stereocenters. The highest BCUT2D eigenvalue weighted by Crippen LogP contribution is 2.35. The van der Waals surface area contributed by atoms with Crippen molar-refractivity contribution in [1.29, 1.82) is 0 Å². The molecule has 2 aromatic carbocycles. The lowest BCUT2D eigenvalue weighted by molar-refractivity contribution is -0.143. The van der Waals surface area contributed by atoms with Crippen LogP contribution in [0.25, 0.3) is 5.69 Å². The van der Waals surface area contributed by atoms with Crippen LogP contribution in [0.4, 0.5) is 23.2 Å². The third kappa shape index (κ3) is 3.99. The van der Waals surface area contributed by atoms with E-state index in [9.17, 15) is 22.4 Å². The van der Waals surface area contributed by atoms with Crippen molar-refractivity contribution in [3.05, 3.63) is 77.4 Å². The van der Waals surface area contributed by atoms with Gasteiger partial charge in [-0.05, 0) is 30.7 Å². The van der Waals surface area contributed by atoms with Crippen LogP contribution in [0, 0.1) is 12.7 Å². The first-order chi connectivity index (χ1) is 14.8. The number of halogens is 4. The number of para-hydroxylation sites is 2. The van der Waals surface area contributed by atoms with E-state index < -0.39 is 23.3 Å². The van der Waals surface area contributed by atoms with Gasteiger partial charge in [0.2, 0.25) is 0 Å². The zero-order valence-corrected chi connectivity index (χ0v) is 16.7. The molecular weight excluding hydrogens is 412 g/mol. The first-order valence-corrected chi connectivity index (χ1v) is 9.77. The number of anilines is 1. The Bertz CT molecular complexity index is 1100. The van der Waals surface area contributed by atoms with E-state index in [0.29, 0.717) is 24.3 Å². The summed E-state index contributed by atoms with van der Waals surface area (Å²) in [7, 11) is 0. The number of alkyl halides is 3. The number of rotatable bonds is 3. The molecule has 0 saturated carbocycles. The molecule has 1 aromatic heterocycles. The molecule has 0 unspecified atom stereocenters. The van der Waals surface area contributed by atoms with Crippen molar-refractivity contribution in [3.8, 4) is 5.69 Å². The van der Waals surface area contributed by atoms with Crippen molar-refractivity contribution >= 4 is 11.6 Å². The quantitative estimate of drug-likeness (QED) is 0.580. The van der Waals surface area contributed by atoms with Gasteiger partial charge >= 0.3 is 6.18 Å². The van der Waals surface area contributed by atoms with Crippen LogP contribution in [0.5, 0.6) is 0 Å². The van der Waals surface area contributed by atoms with Crippen molar-refractivity contribution in [2.24, 2.45) is 0 Å². The Morgan fingerprint density at radius 2 is 1.55 bits per heavy atom. The lowest BCUT2D eigenvalue weighted by Gasteiger charge is -2.36. The number of hydrogen-bond donors (Lipinski definition) is 0. The number of amides is 1. The highest BCUT2D eigenvalue weighted by molar-refractivity contribution is 5.95. The molecule has 0 spiro atoms. The fourth-order valence-corrected chi connectivity index (χ4v) is 3.79. The summed E-state index contributed by atoms with van der Waals surface area (Å²) in [4.78, 5) is 16.1. The van der Waals surface area contributed by atoms with Gasteiger partial charge in [-0.3, -0.25) is 4.79 Å². The molecule has 3 aromatic rings. The lowest BCUT2D eigenvalue weighted by Crippen LogP contribution is -2.49. The van der Waals surface area contributed by atoms with E-state index in [1.165, 1.54) is 17.0 Å². The van der Waals surface area contributed by atoms with Crippen molar-refractivity contribution in [3.63, 3.8) is 0 Å².